The van der Waals surface area contributed by atoms with Crippen molar-refractivity contribution in [2.24, 2.45) is 0 Å². The van der Waals surface area contributed by atoms with Crippen molar-refractivity contribution in [3.63, 3.8) is 0 Å². The first-order chi connectivity index (χ1) is 11.7. The predicted molar refractivity (Wildman–Crippen MR) is 92.5 cm³/mol. The highest BCUT2D eigenvalue weighted by atomic mass is 15.5. The molecule has 0 saturated carbocycles. The molecule has 0 amide bonds. The Morgan fingerprint density at radius 2 is 1.96 bits per heavy atom. The van der Waals surface area contributed by atoms with Gasteiger partial charge in [-0.05, 0) is 65.2 Å². The van der Waals surface area contributed by atoms with Gasteiger partial charge in [-0.1, -0.05) is 6.07 Å². The minimum absolute atomic E-state index is 0.696. The Kier molecular flexibility index (Phi) is 3.66. The molecule has 0 bridgehead atoms. The quantitative estimate of drug-likeness (QED) is 0.626. The Bertz CT molecular complexity index is 1010. The lowest BCUT2D eigenvalue weighted by atomic mass is 10.0. The summed E-state index contributed by atoms with van der Waals surface area (Å²) in [5, 5.41) is 16.8. The van der Waals surface area contributed by atoms with Crippen molar-refractivity contribution in [2.45, 2.75) is 26.9 Å². The zero-order valence-corrected chi connectivity index (χ0v) is 13.7. The van der Waals surface area contributed by atoms with Crippen LogP contribution in [0, 0.1) is 13.8 Å². The van der Waals surface area contributed by atoms with Gasteiger partial charge in [-0.3, -0.25) is 4.98 Å². The van der Waals surface area contributed by atoms with Crippen LogP contribution in [0.15, 0.2) is 42.7 Å². The van der Waals surface area contributed by atoms with Crippen molar-refractivity contribution in [2.75, 3.05) is 0 Å². The highest BCUT2D eigenvalue weighted by Gasteiger charge is 2.11. The molecule has 0 fully saturated rings. The molecule has 1 N–H and O–H groups in total. The summed E-state index contributed by atoms with van der Waals surface area (Å²) in [5.74, 6) is 0. The van der Waals surface area contributed by atoms with Gasteiger partial charge in [0.15, 0.2) is 5.65 Å². The average Bonchev–Trinajstić information content (AvgIpc) is 3.08. The zero-order valence-electron chi connectivity index (χ0n) is 13.7. The van der Waals surface area contributed by atoms with Crippen LogP contribution in [0.5, 0.6) is 0 Å². The molecule has 0 spiro atoms. The molecule has 0 aliphatic carbocycles. The molecule has 4 rings (SSSR count). The molecular weight excluding hydrogens is 300 g/mol. The van der Waals surface area contributed by atoms with Gasteiger partial charge in [0, 0.05) is 36.4 Å². The van der Waals surface area contributed by atoms with E-state index >= 15 is 0 Å². The number of nitrogens with zero attached hydrogens (tertiary/aromatic N) is 5. The number of tetrazole rings is 1. The second-order valence-corrected chi connectivity index (χ2v) is 6.04. The number of fused-ring (bicyclic) bond motifs is 3. The largest absolute Gasteiger partial charge is 0.308 e. The maximum absolute atomic E-state index is 4.20. The van der Waals surface area contributed by atoms with Gasteiger partial charge in [0.2, 0.25) is 0 Å². The molecule has 3 aromatic heterocycles. The first-order valence-corrected chi connectivity index (χ1v) is 7.93. The van der Waals surface area contributed by atoms with E-state index in [0.29, 0.717) is 6.54 Å². The van der Waals surface area contributed by atoms with E-state index in [1.807, 2.05) is 16.8 Å². The summed E-state index contributed by atoms with van der Waals surface area (Å²) in [4.78, 5) is 4.13. The lowest BCUT2D eigenvalue weighted by Crippen LogP contribution is -2.14. The van der Waals surface area contributed by atoms with Crippen LogP contribution in [-0.4, -0.2) is 25.0 Å². The molecule has 6 nitrogen and oxygen atoms in total. The normalized spacial score (nSPS) is 11.4. The van der Waals surface area contributed by atoms with Crippen LogP contribution in [0.2, 0.25) is 0 Å². The fourth-order valence-electron chi connectivity index (χ4n) is 2.90. The molecule has 0 aliphatic heterocycles. The second kappa shape index (κ2) is 5.98. The smallest absolute Gasteiger partial charge is 0.184 e. The Morgan fingerprint density at radius 3 is 2.79 bits per heavy atom. The SMILES string of the molecule is Cc1cc2cc(CNCc3cccnc3)c3nnnn3c2cc1C. The van der Waals surface area contributed by atoms with E-state index < -0.39 is 0 Å². The lowest BCUT2D eigenvalue weighted by Gasteiger charge is -2.10. The molecule has 3 heterocycles. The maximum Gasteiger partial charge on any atom is 0.184 e. The van der Waals surface area contributed by atoms with Crippen molar-refractivity contribution in [3.05, 3.63) is 65.0 Å². The summed E-state index contributed by atoms with van der Waals surface area (Å²) in [7, 11) is 0. The maximum atomic E-state index is 4.20. The number of aryl methyl sites for hydroxylation is 2. The fourth-order valence-corrected chi connectivity index (χ4v) is 2.90. The molecule has 0 saturated heterocycles. The van der Waals surface area contributed by atoms with Crippen LogP contribution in [0.1, 0.15) is 22.3 Å². The van der Waals surface area contributed by atoms with Gasteiger partial charge < -0.3 is 5.32 Å². The highest BCUT2D eigenvalue weighted by molar-refractivity contribution is 5.84. The van der Waals surface area contributed by atoms with Crippen molar-refractivity contribution < 1.29 is 0 Å². The Labute approximate surface area is 139 Å². The molecule has 120 valence electrons. The van der Waals surface area contributed by atoms with Crippen molar-refractivity contribution in [1.82, 2.24) is 30.3 Å². The van der Waals surface area contributed by atoms with Crippen LogP contribution < -0.4 is 5.32 Å². The number of rotatable bonds is 4. The van der Waals surface area contributed by atoms with Crippen molar-refractivity contribution >= 4 is 16.6 Å². The molecule has 4 aromatic rings. The number of benzene rings is 1. The molecule has 0 aliphatic rings. The molecule has 1 aromatic carbocycles. The minimum atomic E-state index is 0.696. The van der Waals surface area contributed by atoms with Crippen LogP contribution in [0.25, 0.3) is 16.6 Å². The number of hydrogen-bond donors (Lipinski definition) is 1. The highest BCUT2D eigenvalue weighted by Crippen LogP contribution is 2.22. The molecule has 0 radical (unpaired) electrons. The third-order valence-electron chi connectivity index (χ3n) is 4.33. The van der Waals surface area contributed by atoms with Crippen molar-refractivity contribution in [1.29, 1.82) is 0 Å². The second-order valence-electron chi connectivity index (χ2n) is 6.04. The van der Waals surface area contributed by atoms with Gasteiger partial charge in [0.05, 0.1) is 5.52 Å². The molecular formula is C18H18N6. The topological polar surface area (TPSA) is 68.0 Å². The van der Waals surface area contributed by atoms with Gasteiger partial charge in [-0.25, -0.2) is 0 Å². The third-order valence-corrected chi connectivity index (χ3v) is 4.33. The number of nitrogens with one attached hydrogen (secondary N) is 1. The van der Waals surface area contributed by atoms with Crippen molar-refractivity contribution in [3.8, 4) is 0 Å². The van der Waals surface area contributed by atoms with E-state index in [9.17, 15) is 0 Å². The summed E-state index contributed by atoms with van der Waals surface area (Å²) in [6, 6.07) is 10.5. The fraction of sp³-hybridized carbons (Fsp3) is 0.222. The van der Waals surface area contributed by atoms with E-state index in [2.05, 4.69) is 63.9 Å². The van der Waals surface area contributed by atoms with E-state index in [0.717, 1.165) is 34.2 Å². The summed E-state index contributed by atoms with van der Waals surface area (Å²) >= 11 is 0. The van der Waals surface area contributed by atoms with Crippen LogP contribution in [0.4, 0.5) is 0 Å². The number of pyridine rings is 2. The summed E-state index contributed by atoms with van der Waals surface area (Å²) in [5.41, 5.74) is 6.57. The first-order valence-electron chi connectivity index (χ1n) is 7.93. The van der Waals surface area contributed by atoms with Gasteiger partial charge in [-0.2, -0.15) is 4.52 Å². The molecule has 0 atom stereocenters. The van der Waals surface area contributed by atoms with E-state index in [1.54, 1.807) is 6.20 Å². The third kappa shape index (κ3) is 2.61. The molecule has 6 heteroatoms. The van der Waals surface area contributed by atoms with E-state index in [-0.39, 0.29) is 0 Å². The lowest BCUT2D eigenvalue weighted by molar-refractivity contribution is 0.692. The van der Waals surface area contributed by atoms with Gasteiger partial charge >= 0.3 is 0 Å². The average molecular weight is 318 g/mol. The van der Waals surface area contributed by atoms with Crippen LogP contribution in [-0.2, 0) is 13.1 Å². The summed E-state index contributed by atoms with van der Waals surface area (Å²) < 4.78 is 1.82. The van der Waals surface area contributed by atoms with E-state index in [1.165, 1.54) is 11.1 Å². The predicted octanol–water partition coefficient (Wildman–Crippen LogP) is 2.58. The standard InChI is InChI=1S/C18H18N6/c1-12-6-15-8-16(11-20-10-14-4-3-5-19-9-14)18-21-22-23-24(18)17(15)7-13(12)2/h3-9,20H,10-11H2,1-2H3. The molecule has 24 heavy (non-hydrogen) atoms. The number of aromatic nitrogens is 5. The first kappa shape index (κ1) is 14.7. The van der Waals surface area contributed by atoms with Gasteiger partial charge in [0.25, 0.3) is 0 Å². The summed E-state index contributed by atoms with van der Waals surface area (Å²) in [6.07, 6.45) is 3.65. The zero-order chi connectivity index (χ0) is 16.5. The monoisotopic (exact) mass is 318 g/mol. The van der Waals surface area contributed by atoms with Gasteiger partial charge in [0.1, 0.15) is 0 Å². The Balaban J connectivity index is 1.69. The molecule has 0 unspecified atom stereocenters. The Hall–Kier alpha value is -2.86. The van der Waals surface area contributed by atoms with Crippen LogP contribution in [0.3, 0.4) is 0 Å². The van der Waals surface area contributed by atoms with Crippen LogP contribution >= 0.6 is 0 Å². The number of hydrogen-bond acceptors (Lipinski definition) is 5. The Morgan fingerprint density at radius 1 is 1.08 bits per heavy atom. The summed E-state index contributed by atoms with van der Waals surface area (Å²) in [6.45, 7) is 5.68. The minimum Gasteiger partial charge on any atom is -0.308 e. The van der Waals surface area contributed by atoms with Gasteiger partial charge in [-0.15, -0.1) is 5.10 Å². The van der Waals surface area contributed by atoms with E-state index in [4.69, 9.17) is 0 Å².